The highest BCUT2D eigenvalue weighted by Gasteiger charge is 2.45. The number of likely N-dealkylation sites (tertiary alicyclic amines) is 2. The van der Waals surface area contributed by atoms with Crippen molar-refractivity contribution >= 4 is 74.1 Å². The first-order valence-corrected chi connectivity index (χ1v) is 28.1. The van der Waals surface area contributed by atoms with E-state index in [1.807, 2.05) is 94.4 Å². The number of aliphatic hydroxyl groups excluding tert-OH is 1. The van der Waals surface area contributed by atoms with E-state index in [0.717, 1.165) is 64.0 Å². The van der Waals surface area contributed by atoms with E-state index < -0.39 is 41.2 Å². The van der Waals surface area contributed by atoms with Gasteiger partial charge in [0, 0.05) is 56.6 Å². The molecule has 0 radical (unpaired) electrons. The van der Waals surface area contributed by atoms with E-state index in [9.17, 15) is 29.4 Å². The molecule has 9 rings (SSSR count). The molecule has 79 heavy (non-hydrogen) atoms. The highest BCUT2D eigenvalue weighted by Crippen LogP contribution is 2.43. The van der Waals surface area contributed by atoms with Crippen LogP contribution in [-0.4, -0.2) is 154 Å². The molecule has 6 aromatic rings. The van der Waals surface area contributed by atoms with E-state index in [-0.39, 0.29) is 77.8 Å². The van der Waals surface area contributed by atoms with Crippen LogP contribution in [0.3, 0.4) is 0 Å². The highest BCUT2D eigenvalue weighted by molar-refractivity contribution is 7.13. The number of thiazole rings is 1. The zero-order valence-corrected chi connectivity index (χ0v) is 47.1. The van der Waals surface area contributed by atoms with Gasteiger partial charge in [0.1, 0.15) is 42.4 Å². The number of phenolic OH excluding ortho intramolecular Hbond substituents is 1. The zero-order valence-electron chi connectivity index (χ0n) is 45.6. The van der Waals surface area contributed by atoms with Crippen LogP contribution in [0.5, 0.6) is 11.8 Å². The van der Waals surface area contributed by atoms with E-state index >= 15 is 4.39 Å². The number of halogens is 2. The number of nitrogens with one attached hydrogen (secondary N) is 2. The molecule has 3 aliphatic rings. The summed E-state index contributed by atoms with van der Waals surface area (Å²) in [7, 11) is 0. The van der Waals surface area contributed by atoms with Crippen LogP contribution in [0.15, 0.2) is 78.8 Å². The number of aliphatic hydroxyl groups is 1. The third kappa shape index (κ3) is 12.8. The Morgan fingerprint density at radius 2 is 1.72 bits per heavy atom. The van der Waals surface area contributed by atoms with Crippen molar-refractivity contribution in [2.24, 2.45) is 11.3 Å². The second kappa shape index (κ2) is 24.3. The number of fused-ring (bicyclic) bond motifs is 2. The third-order valence-corrected chi connectivity index (χ3v) is 16.6. The van der Waals surface area contributed by atoms with Crippen molar-refractivity contribution < 1.29 is 43.3 Å². The average Bonchev–Trinajstić information content (AvgIpc) is 4.07. The molecule has 4 amide bonds. The van der Waals surface area contributed by atoms with Crippen LogP contribution in [0, 0.1) is 31.0 Å². The summed E-state index contributed by atoms with van der Waals surface area (Å²) < 4.78 is 29.4. The van der Waals surface area contributed by atoms with Gasteiger partial charge in [0.2, 0.25) is 23.6 Å². The summed E-state index contributed by atoms with van der Waals surface area (Å²) in [5.41, 5.74) is 5.38. The van der Waals surface area contributed by atoms with Crippen LogP contribution in [0.1, 0.15) is 69.8 Å². The minimum absolute atomic E-state index is 0.00999. The van der Waals surface area contributed by atoms with E-state index in [1.165, 1.54) is 17.0 Å². The molecule has 0 aliphatic carbocycles. The number of ether oxygens (including phenoxy) is 2. The molecule has 2 aromatic heterocycles. The largest absolute Gasteiger partial charge is 0.508 e. The molecule has 0 spiro atoms. The van der Waals surface area contributed by atoms with Crippen LogP contribution in [0.25, 0.3) is 43.2 Å². The van der Waals surface area contributed by atoms with Gasteiger partial charge in [0.15, 0.2) is 5.82 Å². The number of piperidine rings is 1. The average molecular weight is 1120 g/mol. The summed E-state index contributed by atoms with van der Waals surface area (Å²) in [5, 5.41) is 29.4. The second-order valence-electron chi connectivity index (χ2n) is 22.0. The number of hydrogen-bond donors (Lipinski definition) is 4. The van der Waals surface area contributed by atoms with Gasteiger partial charge < -0.3 is 45.0 Å². The van der Waals surface area contributed by atoms with Gasteiger partial charge in [-0.2, -0.15) is 9.97 Å². The quantitative estimate of drug-likeness (QED) is 0.0641. The smallest absolute Gasteiger partial charge is 0.319 e. The molecule has 17 nitrogen and oxygen atoms in total. The topological polar surface area (TPSA) is 203 Å². The number of amides is 4. The summed E-state index contributed by atoms with van der Waals surface area (Å²) in [6.07, 6.45) is 2.07. The normalized spacial score (nSPS) is 18.2. The number of β-amino-alcohol motifs (C(OH)–C–C–N with tert-alkyl or cyclic N) is 1. The molecule has 20 heteroatoms. The van der Waals surface area contributed by atoms with Gasteiger partial charge >= 0.3 is 6.01 Å². The summed E-state index contributed by atoms with van der Waals surface area (Å²) in [4.78, 5) is 76.1. The lowest BCUT2D eigenvalue weighted by Gasteiger charge is -2.35. The third-order valence-electron chi connectivity index (χ3n) is 15.3. The lowest BCUT2D eigenvalue weighted by molar-refractivity contribution is -0.144. The Hall–Kier alpha value is -6.77. The van der Waals surface area contributed by atoms with Crippen LogP contribution in [0.4, 0.5) is 10.2 Å². The van der Waals surface area contributed by atoms with Crippen LogP contribution < -0.4 is 20.3 Å². The fourth-order valence-corrected chi connectivity index (χ4v) is 12.1. The number of hydrogen-bond acceptors (Lipinski definition) is 14. The number of piperazine rings is 1. The molecule has 3 fully saturated rings. The molecule has 4 atom stereocenters. The molecule has 3 aliphatic heterocycles. The molecule has 0 bridgehead atoms. The summed E-state index contributed by atoms with van der Waals surface area (Å²) in [5.74, 6) is -1.56. The lowest BCUT2D eigenvalue weighted by Crippen LogP contribution is -2.58. The van der Waals surface area contributed by atoms with Crippen molar-refractivity contribution in [3.05, 3.63) is 106 Å². The number of aromatic nitrogens is 3. The number of aryl methyl sites for hydroxylation is 2. The predicted molar refractivity (Wildman–Crippen MR) is 305 cm³/mol. The fourth-order valence-electron chi connectivity index (χ4n) is 11.0. The monoisotopic (exact) mass is 1120 g/mol. The number of carbonyl (C=O) groups is 4. The Morgan fingerprint density at radius 1 is 0.987 bits per heavy atom. The number of anilines is 1. The standard InChI is InChI=1S/C59H69ClFN9O8S/c1-8-48(74)68-20-22-69(23-21-68)55-44-29-45(60)50(43-27-41(71)26-40-11-9-10-34(2)49(40)43)51(61)52(44)65-58(66-55)78-25-24-67-18-16-37(17-19-67)31-77-32-47(73)64-54(59(5,6)7)57(76)70-30-42(72)28-46(70)56(75)63-35(3)38-12-14-39(15-13-38)53-36(4)62-33-79-53/h8-15,26-27,29,33,35,37,42,46,54,71-72H,1,16-25,28,30-32H2,2-7H3,(H,63,75)(H,64,73)/t35-,42+,46-,54+/m0/s1. The molecular weight excluding hydrogens is 1050 g/mol. The van der Waals surface area contributed by atoms with Gasteiger partial charge in [-0.15, -0.1) is 11.3 Å². The lowest BCUT2D eigenvalue weighted by atomic mass is 9.85. The van der Waals surface area contributed by atoms with Crippen molar-refractivity contribution in [2.45, 2.75) is 85.0 Å². The summed E-state index contributed by atoms with van der Waals surface area (Å²) >= 11 is 8.54. The molecular formula is C59H69ClFN9O8S. The minimum atomic E-state index is -0.990. The zero-order chi connectivity index (χ0) is 56.3. The minimum Gasteiger partial charge on any atom is -0.508 e. The van der Waals surface area contributed by atoms with Crippen LogP contribution >= 0.6 is 22.9 Å². The highest BCUT2D eigenvalue weighted by atomic mass is 35.5. The molecule has 5 heterocycles. The molecule has 3 saturated heterocycles. The number of carbonyl (C=O) groups excluding carboxylic acids is 4. The molecule has 418 valence electrons. The second-order valence-corrected chi connectivity index (χ2v) is 23.2. The van der Waals surface area contributed by atoms with Gasteiger partial charge in [0.05, 0.1) is 39.9 Å². The Morgan fingerprint density at radius 3 is 2.41 bits per heavy atom. The van der Waals surface area contributed by atoms with Crippen LogP contribution in [0.2, 0.25) is 5.02 Å². The maximum atomic E-state index is 17.2. The molecule has 4 aromatic carbocycles. The van der Waals surface area contributed by atoms with Gasteiger partial charge in [0.25, 0.3) is 0 Å². The van der Waals surface area contributed by atoms with E-state index in [1.54, 1.807) is 28.4 Å². The van der Waals surface area contributed by atoms with Crippen molar-refractivity contribution in [3.63, 3.8) is 0 Å². The maximum Gasteiger partial charge on any atom is 0.319 e. The number of benzene rings is 4. The first-order valence-electron chi connectivity index (χ1n) is 26.9. The summed E-state index contributed by atoms with van der Waals surface area (Å²) in [6.45, 7) is 18.8. The van der Waals surface area contributed by atoms with Gasteiger partial charge in [-0.1, -0.05) is 81.4 Å². The maximum absolute atomic E-state index is 17.2. The number of phenols is 1. The fraction of sp³-hybridized carbons (Fsp3) is 0.441. The predicted octanol–water partition coefficient (Wildman–Crippen LogP) is 8.00. The van der Waals surface area contributed by atoms with E-state index in [2.05, 4.69) is 32.1 Å². The SMILES string of the molecule is C=CC(=O)N1CCN(c2nc(OCCN3CCC(COCC(=O)N[C@H](C(=O)N4C[C@H](O)C[C@H]4C(=O)N[C@@H](C)c4ccc(-c5scnc5C)cc4)C(C)(C)C)CC3)nc3c(F)c(-c4cc(O)cc5cccc(C)c45)c(Cl)cc23)CC1. The summed E-state index contributed by atoms with van der Waals surface area (Å²) in [6, 6.07) is 16.1. The Kier molecular flexibility index (Phi) is 17.5. The number of rotatable bonds is 17. The van der Waals surface area contributed by atoms with Gasteiger partial charge in [-0.3, -0.25) is 24.1 Å². The van der Waals surface area contributed by atoms with E-state index in [0.29, 0.717) is 56.1 Å². The van der Waals surface area contributed by atoms with Gasteiger partial charge in [-0.05, 0) is 115 Å². The number of aromatic hydroxyl groups is 1. The first kappa shape index (κ1) is 56.9. The van der Waals surface area contributed by atoms with Gasteiger partial charge in [-0.25, -0.2) is 9.37 Å². The Balaban J connectivity index is 0.784. The number of nitrogens with zero attached hydrogens (tertiary/aromatic N) is 7. The molecule has 4 N–H and O–H groups in total. The molecule has 0 unspecified atom stereocenters. The Bertz CT molecular complexity index is 3250. The Labute approximate surface area is 468 Å². The van der Waals surface area contributed by atoms with Crippen LogP contribution in [-0.2, 0) is 23.9 Å². The van der Waals surface area contributed by atoms with E-state index in [4.69, 9.17) is 26.1 Å². The van der Waals surface area contributed by atoms with Crippen molar-refractivity contribution in [1.29, 1.82) is 0 Å². The van der Waals surface area contributed by atoms with Crippen molar-refractivity contribution in [1.82, 2.24) is 40.3 Å². The first-order chi connectivity index (χ1) is 37.8. The van der Waals surface area contributed by atoms with Crippen molar-refractivity contribution in [2.75, 3.05) is 77.1 Å². The van der Waals surface area contributed by atoms with Crippen molar-refractivity contribution in [3.8, 4) is 33.3 Å². The molecule has 0 saturated carbocycles.